The SMILES string of the molecule is CCC(C)Nc1ncc(C(=O)NCc2ccc3c(c2)OCO3)c(C2(c3ccccc3)CCCC2)n1. The molecule has 1 saturated carbocycles. The van der Waals surface area contributed by atoms with Gasteiger partial charge in [-0.1, -0.05) is 56.2 Å². The van der Waals surface area contributed by atoms with Crippen LogP contribution in [-0.2, 0) is 12.0 Å². The summed E-state index contributed by atoms with van der Waals surface area (Å²) in [4.78, 5) is 23.0. The highest BCUT2D eigenvalue weighted by atomic mass is 16.7. The van der Waals surface area contributed by atoms with Gasteiger partial charge in [-0.2, -0.15) is 0 Å². The first kappa shape index (κ1) is 23.1. The molecule has 1 atom stereocenters. The van der Waals surface area contributed by atoms with Crippen LogP contribution >= 0.6 is 0 Å². The molecular weight excluding hydrogens is 440 g/mol. The third-order valence-electron chi connectivity index (χ3n) is 7.15. The predicted molar refractivity (Wildman–Crippen MR) is 135 cm³/mol. The molecule has 7 nitrogen and oxygen atoms in total. The first-order valence-corrected chi connectivity index (χ1v) is 12.5. The van der Waals surface area contributed by atoms with E-state index in [1.165, 1.54) is 5.56 Å². The Bertz CT molecular complexity index is 1190. The molecule has 2 aromatic carbocycles. The topological polar surface area (TPSA) is 85.4 Å². The molecule has 5 rings (SSSR count). The van der Waals surface area contributed by atoms with Gasteiger partial charge in [0.25, 0.3) is 5.91 Å². The summed E-state index contributed by atoms with van der Waals surface area (Å²) in [6, 6.07) is 16.4. The van der Waals surface area contributed by atoms with Crippen molar-refractivity contribution in [2.24, 2.45) is 0 Å². The number of nitrogens with zero attached hydrogens (tertiary/aromatic N) is 2. The number of ether oxygens (including phenoxy) is 2. The van der Waals surface area contributed by atoms with Crippen LogP contribution in [0.4, 0.5) is 5.95 Å². The van der Waals surface area contributed by atoms with E-state index in [1.54, 1.807) is 6.20 Å². The Labute approximate surface area is 206 Å². The van der Waals surface area contributed by atoms with Crippen molar-refractivity contribution in [2.45, 2.75) is 64.0 Å². The van der Waals surface area contributed by atoms with E-state index >= 15 is 0 Å². The molecule has 0 spiro atoms. The van der Waals surface area contributed by atoms with E-state index in [0.29, 0.717) is 23.8 Å². The Morgan fingerprint density at radius 1 is 1.09 bits per heavy atom. The molecule has 182 valence electrons. The lowest BCUT2D eigenvalue weighted by Crippen LogP contribution is -2.33. The van der Waals surface area contributed by atoms with Crippen molar-refractivity contribution in [2.75, 3.05) is 12.1 Å². The van der Waals surface area contributed by atoms with Gasteiger partial charge in [0, 0.05) is 24.2 Å². The standard InChI is InChI=1S/C28H32N4O3/c1-3-19(2)31-27-30-17-22(26(33)29-16-20-11-12-23-24(15-20)35-18-34-23)25(32-27)28(13-7-8-14-28)21-9-5-4-6-10-21/h4-6,9-12,15,17,19H,3,7-8,13-14,16,18H2,1-2H3,(H,29,33)(H,30,31,32). The molecule has 1 aliphatic carbocycles. The molecule has 1 amide bonds. The van der Waals surface area contributed by atoms with Gasteiger partial charge in [0.1, 0.15) is 0 Å². The van der Waals surface area contributed by atoms with Gasteiger partial charge in [0.15, 0.2) is 11.5 Å². The van der Waals surface area contributed by atoms with Crippen LogP contribution in [0, 0.1) is 0 Å². The van der Waals surface area contributed by atoms with Gasteiger partial charge >= 0.3 is 0 Å². The second-order valence-corrected chi connectivity index (χ2v) is 9.44. The van der Waals surface area contributed by atoms with E-state index in [4.69, 9.17) is 14.5 Å². The Balaban J connectivity index is 1.48. The van der Waals surface area contributed by atoms with Crippen LogP contribution < -0.4 is 20.1 Å². The van der Waals surface area contributed by atoms with Crippen LogP contribution in [0.25, 0.3) is 0 Å². The highest BCUT2D eigenvalue weighted by Crippen LogP contribution is 2.47. The number of hydrogen-bond acceptors (Lipinski definition) is 6. The number of carbonyl (C=O) groups excluding carboxylic acids is 1. The maximum atomic E-state index is 13.5. The second kappa shape index (κ2) is 9.94. The van der Waals surface area contributed by atoms with Crippen molar-refractivity contribution in [1.29, 1.82) is 0 Å². The second-order valence-electron chi connectivity index (χ2n) is 9.44. The maximum Gasteiger partial charge on any atom is 0.255 e. The average molecular weight is 473 g/mol. The van der Waals surface area contributed by atoms with Crippen molar-refractivity contribution in [3.05, 3.63) is 77.1 Å². The van der Waals surface area contributed by atoms with Crippen molar-refractivity contribution >= 4 is 11.9 Å². The van der Waals surface area contributed by atoms with Gasteiger partial charge < -0.3 is 20.1 Å². The molecule has 2 aliphatic rings. The van der Waals surface area contributed by atoms with Crippen molar-refractivity contribution in [3.8, 4) is 11.5 Å². The lowest BCUT2D eigenvalue weighted by molar-refractivity contribution is 0.0947. The Hall–Kier alpha value is -3.61. The Morgan fingerprint density at radius 2 is 1.86 bits per heavy atom. The lowest BCUT2D eigenvalue weighted by Gasteiger charge is -2.31. The molecule has 2 N–H and O–H groups in total. The number of rotatable bonds is 8. The monoisotopic (exact) mass is 472 g/mol. The molecule has 3 aromatic rings. The fourth-order valence-corrected chi connectivity index (χ4v) is 5.03. The van der Waals surface area contributed by atoms with E-state index in [2.05, 4.69) is 53.7 Å². The highest BCUT2D eigenvalue weighted by Gasteiger charge is 2.41. The summed E-state index contributed by atoms with van der Waals surface area (Å²) in [5, 5.41) is 6.47. The molecule has 0 radical (unpaired) electrons. The molecule has 2 heterocycles. The smallest absolute Gasteiger partial charge is 0.255 e. The molecule has 7 heteroatoms. The molecule has 0 saturated heterocycles. The number of fused-ring (bicyclic) bond motifs is 1. The molecule has 0 bridgehead atoms. The first-order valence-electron chi connectivity index (χ1n) is 12.5. The minimum atomic E-state index is -0.304. The molecular formula is C28H32N4O3. The summed E-state index contributed by atoms with van der Waals surface area (Å²) in [6.45, 7) is 4.83. The molecule has 1 fully saturated rings. The van der Waals surface area contributed by atoms with Crippen LogP contribution in [-0.4, -0.2) is 28.7 Å². The van der Waals surface area contributed by atoms with Crippen LogP contribution in [0.5, 0.6) is 11.5 Å². The quantitative estimate of drug-likeness (QED) is 0.468. The van der Waals surface area contributed by atoms with Crippen LogP contribution in [0.15, 0.2) is 54.7 Å². The fourth-order valence-electron chi connectivity index (χ4n) is 5.03. The largest absolute Gasteiger partial charge is 0.454 e. The van der Waals surface area contributed by atoms with Gasteiger partial charge in [0.05, 0.1) is 11.3 Å². The van der Waals surface area contributed by atoms with Gasteiger partial charge in [0.2, 0.25) is 12.7 Å². The average Bonchev–Trinajstić information content (AvgIpc) is 3.58. The number of nitrogens with one attached hydrogen (secondary N) is 2. The third kappa shape index (κ3) is 4.67. The summed E-state index contributed by atoms with van der Waals surface area (Å²) in [7, 11) is 0. The minimum absolute atomic E-state index is 0.171. The third-order valence-corrected chi connectivity index (χ3v) is 7.15. The highest BCUT2D eigenvalue weighted by molar-refractivity contribution is 5.95. The van der Waals surface area contributed by atoms with E-state index in [1.807, 2.05) is 24.3 Å². The summed E-state index contributed by atoms with van der Waals surface area (Å²) in [6.07, 6.45) is 6.76. The van der Waals surface area contributed by atoms with E-state index in [9.17, 15) is 4.79 Å². The molecule has 1 unspecified atom stereocenters. The number of hydrogen-bond donors (Lipinski definition) is 2. The van der Waals surface area contributed by atoms with E-state index in [0.717, 1.165) is 49.1 Å². The summed E-state index contributed by atoms with van der Waals surface area (Å²) in [5.74, 6) is 1.83. The van der Waals surface area contributed by atoms with Gasteiger partial charge in [-0.3, -0.25) is 4.79 Å². The number of anilines is 1. The molecule has 1 aromatic heterocycles. The fraction of sp³-hybridized carbons (Fsp3) is 0.393. The Kier molecular flexibility index (Phi) is 6.57. The molecule has 1 aliphatic heterocycles. The van der Waals surface area contributed by atoms with Crippen LogP contribution in [0.1, 0.15) is 73.1 Å². The van der Waals surface area contributed by atoms with E-state index in [-0.39, 0.29) is 24.2 Å². The number of amides is 1. The predicted octanol–water partition coefficient (Wildman–Crippen LogP) is 5.21. The minimum Gasteiger partial charge on any atom is -0.454 e. The van der Waals surface area contributed by atoms with Gasteiger partial charge in [-0.05, 0) is 49.4 Å². The maximum absolute atomic E-state index is 13.5. The van der Waals surface area contributed by atoms with Crippen molar-refractivity contribution in [1.82, 2.24) is 15.3 Å². The summed E-state index contributed by atoms with van der Waals surface area (Å²) >= 11 is 0. The number of carbonyl (C=O) groups is 1. The van der Waals surface area contributed by atoms with E-state index < -0.39 is 0 Å². The van der Waals surface area contributed by atoms with Crippen molar-refractivity contribution in [3.63, 3.8) is 0 Å². The van der Waals surface area contributed by atoms with Gasteiger partial charge in [-0.25, -0.2) is 9.97 Å². The summed E-state index contributed by atoms with van der Waals surface area (Å²) < 4.78 is 10.9. The van der Waals surface area contributed by atoms with Crippen molar-refractivity contribution < 1.29 is 14.3 Å². The lowest BCUT2D eigenvalue weighted by atomic mass is 9.74. The van der Waals surface area contributed by atoms with Crippen LogP contribution in [0.2, 0.25) is 0 Å². The zero-order valence-corrected chi connectivity index (χ0v) is 20.3. The normalized spacial score (nSPS) is 16.6. The first-order chi connectivity index (χ1) is 17.1. The molecule has 35 heavy (non-hydrogen) atoms. The van der Waals surface area contributed by atoms with Gasteiger partial charge in [-0.15, -0.1) is 0 Å². The number of aromatic nitrogens is 2. The van der Waals surface area contributed by atoms with Crippen LogP contribution in [0.3, 0.4) is 0 Å². The summed E-state index contributed by atoms with van der Waals surface area (Å²) in [5.41, 5.74) is 3.19. The Morgan fingerprint density at radius 3 is 2.63 bits per heavy atom. The zero-order chi connectivity index (χ0) is 24.3. The zero-order valence-electron chi connectivity index (χ0n) is 20.3. The number of benzene rings is 2.